The summed E-state index contributed by atoms with van der Waals surface area (Å²) >= 11 is 9.37. The van der Waals surface area contributed by atoms with Crippen molar-refractivity contribution in [2.24, 2.45) is 0 Å². The lowest BCUT2D eigenvalue weighted by atomic mass is 10.2. The van der Waals surface area contributed by atoms with Gasteiger partial charge in [-0.05, 0) is 34.5 Å². The average molecular weight is 266 g/mol. The molecule has 2 nitrogen and oxygen atoms in total. The van der Waals surface area contributed by atoms with Crippen molar-refractivity contribution < 1.29 is 9.47 Å². The Morgan fingerprint density at radius 3 is 2.77 bits per heavy atom. The van der Waals surface area contributed by atoms with E-state index in [1.807, 2.05) is 19.1 Å². The number of ether oxygens (including phenoxy) is 2. The van der Waals surface area contributed by atoms with Gasteiger partial charge in [0.05, 0.1) is 9.50 Å². The largest absolute Gasteiger partial charge is 0.465 e. The fourth-order valence-electron chi connectivity index (χ4n) is 0.881. The average Bonchev–Trinajstić information content (AvgIpc) is 2.12. The van der Waals surface area contributed by atoms with Crippen molar-refractivity contribution in [1.29, 1.82) is 0 Å². The molecular formula is C9H10BrClO2. The van der Waals surface area contributed by atoms with Crippen LogP contribution >= 0.6 is 27.5 Å². The van der Waals surface area contributed by atoms with Gasteiger partial charge in [0.2, 0.25) is 0 Å². The van der Waals surface area contributed by atoms with Crippen molar-refractivity contribution >= 4 is 27.5 Å². The molecule has 4 heteroatoms. The zero-order valence-electron chi connectivity index (χ0n) is 7.43. The molecular weight excluding hydrogens is 255 g/mol. The van der Waals surface area contributed by atoms with Gasteiger partial charge in [0.25, 0.3) is 0 Å². The maximum absolute atomic E-state index is 6.02. The topological polar surface area (TPSA) is 18.5 Å². The zero-order valence-corrected chi connectivity index (χ0v) is 9.78. The van der Waals surface area contributed by atoms with Crippen molar-refractivity contribution in [3.63, 3.8) is 0 Å². The van der Waals surface area contributed by atoms with E-state index in [1.54, 1.807) is 7.11 Å². The SMILES string of the molecule is COCOc1c(Br)ccc(C)c1Cl. The second-order valence-electron chi connectivity index (χ2n) is 2.56. The molecule has 0 radical (unpaired) electrons. The molecule has 0 saturated carbocycles. The van der Waals surface area contributed by atoms with Crippen LogP contribution in [-0.4, -0.2) is 13.9 Å². The van der Waals surface area contributed by atoms with Crippen molar-refractivity contribution in [3.05, 3.63) is 27.2 Å². The highest BCUT2D eigenvalue weighted by atomic mass is 79.9. The van der Waals surface area contributed by atoms with Crippen LogP contribution in [0.2, 0.25) is 5.02 Å². The lowest BCUT2D eigenvalue weighted by Gasteiger charge is -2.10. The van der Waals surface area contributed by atoms with E-state index in [0.717, 1.165) is 10.0 Å². The first-order valence-electron chi connectivity index (χ1n) is 3.73. The highest BCUT2D eigenvalue weighted by molar-refractivity contribution is 9.10. The minimum atomic E-state index is 0.196. The molecule has 72 valence electrons. The van der Waals surface area contributed by atoms with Crippen molar-refractivity contribution in [2.45, 2.75) is 6.92 Å². The third-order valence-corrected chi connectivity index (χ3v) is 2.66. The van der Waals surface area contributed by atoms with Crippen LogP contribution in [0.25, 0.3) is 0 Å². The van der Waals surface area contributed by atoms with Crippen molar-refractivity contribution in [3.8, 4) is 5.75 Å². The van der Waals surface area contributed by atoms with Gasteiger partial charge < -0.3 is 9.47 Å². The van der Waals surface area contributed by atoms with E-state index < -0.39 is 0 Å². The second-order valence-corrected chi connectivity index (χ2v) is 3.79. The minimum absolute atomic E-state index is 0.196. The van der Waals surface area contributed by atoms with E-state index in [2.05, 4.69) is 15.9 Å². The predicted octanol–water partition coefficient (Wildman–Crippen LogP) is 3.39. The fraction of sp³-hybridized carbons (Fsp3) is 0.333. The third kappa shape index (κ3) is 2.59. The molecule has 0 unspecified atom stereocenters. The summed E-state index contributed by atoms with van der Waals surface area (Å²) in [6.07, 6.45) is 0. The first-order chi connectivity index (χ1) is 6.16. The molecule has 0 atom stereocenters. The molecule has 0 heterocycles. The van der Waals surface area contributed by atoms with E-state index in [0.29, 0.717) is 10.8 Å². The molecule has 0 aliphatic carbocycles. The Morgan fingerprint density at radius 2 is 2.15 bits per heavy atom. The quantitative estimate of drug-likeness (QED) is 0.780. The first-order valence-corrected chi connectivity index (χ1v) is 4.90. The van der Waals surface area contributed by atoms with Gasteiger partial charge in [-0.2, -0.15) is 0 Å². The number of methoxy groups -OCH3 is 1. The van der Waals surface area contributed by atoms with Crippen LogP contribution in [0.15, 0.2) is 16.6 Å². The molecule has 13 heavy (non-hydrogen) atoms. The Kier molecular flexibility index (Phi) is 4.03. The van der Waals surface area contributed by atoms with Crippen molar-refractivity contribution in [1.82, 2.24) is 0 Å². The van der Waals surface area contributed by atoms with Crippen LogP contribution in [-0.2, 0) is 4.74 Å². The first kappa shape index (κ1) is 10.8. The van der Waals surface area contributed by atoms with Gasteiger partial charge in [-0.1, -0.05) is 17.7 Å². The summed E-state index contributed by atoms with van der Waals surface area (Å²) in [7, 11) is 1.57. The third-order valence-electron chi connectivity index (χ3n) is 1.56. The van der Waals surface area contributed by atoms with Gasteiger partial charge in [0, 0.05) is 7.11 Å². The molecule has 0 spiro atoms. The summed E-state index contributed by atoms with van der Waals surface area (Å²) in [5, 5.41) is 0.617. The summed E-state index contributed by atoms with van der Waals surface area (Å²) in [6, 6.07) is 3.82. The van der Waals surface area contributed by atoms with E-state index >= 15 is 0 Å². The van der Waals surface area contributed by atoms with Gasteiger partial charge in [0.15, 0.2) is 12.5 Å². The molecule has 0 bridgehead atoms. The summed E-state index contributed by atoms with van der Waals surface area (Å²) in [6.45, 7) is 2.12. The highest BCUT2D eigenvalue weighted by Crippen LogP contribution is 2.35. The number of hydrogen-bond acceptors (Lipinski definition) is 2. The monoisotopic (exact) mass is 264 g/mol. The Bertz CT molecular complexity index is 302. The highest BCUT2D eigenvalue weighted by Gasteiger charge is 2.08. The normalized spacial score (nSPS) is 10.2. The Labute approximate surface area is 90.9 Å². The Morgan fingerprint density at radius 1 is 1.46 bits per heavy atom. The molecule has 1 aromatic carbocycles. The standard InChI is InChI=1S/C9H10BrClO2/c1-6-3-4-7(10)9(8(6)11)13-5-12-2/h3-4H,5H2,1-2H3. The number of rotatable bonds is 3. The molecule has 0 amide bonds. The Hall–Kier alpha value is -0.250. The summed E-state index contributed by atoms with van der Waals surface area (Å²) in [5.41, 5.74) is 0.982. The predicted molar refractivity (Wildman–Crippen MR) is 56.4 cm³/mol. The van der Waals surface area contributed by atoms with Gasteiger partial charge in [-0.25, -0.2) is 0 Å². The second kappa shape index (κ2) is 4.84. The lowest BCUT2D eigenvalue weighted by molar-refractivity contribution is 0.0506. The smallest absolute Gasteiger partial charge is 0.188 e. The molecule has 0 aliphatic rings. The summed E-state index contributed by atoms with van der Waals surface area (Å²) in [5.74, 6) is 0.628. The zero-order chi connectivity index (χ0) is 9.84. The van der Waals surface area contributed by atoms with E-state index in [9.17, 15) is 0 Å². The molecule has 1 aromatic rings. The molecule has 0 saturated heterocycles. The van der Waals surface area contributed by atoms with Gasteiger partial charge in [-0.3, -0.25) is 0 Å². The van der Waals surface area contributed by atoms with Crippen LogP contribution in [0.4, 0.5) is 0 Å². The fourth-order valence-corrected chi connectivity index (χ4v) is 1.66. The summed E-state index contributed by atoms with van der Waals surface area (Å²) in [4.78, 5) is 0. The van der Waals surface area contributed by atoms with Crippen LogP contribution in [0.1, 0.15) is 5.56 Å². The lowest BCUT2D eigenvalue weighted by Crippen LogP contribution is -2.00. The number of hydrogen-bond donors (Lipinski definition) is 0. The number of halogens is 2. The molecule has 0 aromatic heterocycles. The van der Waals surface area contributed by atoms with E-state index in [-0.39, 0.29) is 6.79 Å². The van der Waals surface area contributed by atoms with E-state index in [1.165, 1.54) is 0 Å². The van der Waals surface area contributed by atoms with Crippen molar-refractivity contribution in [2.75, 3.05) is 13.9 Å². The molecule has 0 fully saturated rings. The van der Waals surface area contributed by atoms with Crippen LogP contribution in [0.5, 0.6) is 5.75 Å². The molecule has 1 rings (SSSR count). The van der Waals surface area contributed by atoms with Crippen LogP contribution in [0.3, 0.4) is 0 Å². The molecule has 0 N–H and O–H groups in total. The number of benzene rings is 1. The maximum atomic E-state index is 6.02. The van der Waals surface area contributed by atoms with Gasteiger partial charge in [0.1, 0.15) is 0 Å². The summed E-state index contributed by atoms with van der Waals surface area (Å²) < 4.78 is 10.9. The van der Waals surface area contributed by atoms with Gasteiger partial charge in [-0.15, -0.1) is 0 Å². The van der Waals surface area contributed by atoms with Gasteiger partial charge >= 0.3 is 0 Å². The maximum Gasteiger partial charge on any atom is 0.188 e. The van der Waals surface area contributed by atoms with Crippen LogP contribution in [0, 0.1) is 6.92 Å². The molecule has 0 aliphatic heterocycles. The number of aryl methyl sites for hydroxylation is 1. The Balaban J connectivity index is 2.96. The van der Waals surface area contributed by atoms with E-state index in [4.69, 9.17) is 21.1 Å². The van der Waals surface area contributed by atoms with Crippen LogP contribution < -0.4 is 4.74 Å². The minimum Gasteiger partial charge on any atom is -0.465 e.